The van der Waals surface area contributed by atoms with Gasteiger partial charge in [0.15, 0.2) is 5.78 Å². The highest BCUT2D eigenvalue weighted by Gasteiger charge is 2.32. The van der Waals surface area contributed by atoms with Gasteiger partial charge in [0.1, 0.15) is 0 Å². The van der Waals surface area contributed by atoms with Gasteiger partial charge in [0.25, 0.3) is 0 Å². The van der Waals surface area contributed by atoms with Gasteiger partial charge in [-0.25, -0.2) is 0 Å². The lowest BCUT2D eigenvalue weighted by atomic mass is 10.1. The molecule has 0 amide bonds. The minimum Gasteiger partial charge on any atom is -0.383 e. The van der Waals surface area contributed by atoms with Crippen molar-refractivity contribution in [3.8, 4) is 0 Å². The van der Waals surface area contributed by atoms with E-state index in [1.807, 2.05) is 19.9 Å². The summed E-state index contributed by atoms with van der Waals surface area (Å²) in [7, 11) is 1.71. The monoisotopic (exact) mass is 278 g/mol. The van der Waals surface area contributed by atoms with Crippen molar-refractivity contribution in [1.82, 2.24) is 9.88 Å². The summed E-state index contributed by atoms with van der Waals surface area (Å²) in [5.74, 6) is 0.962. The lowest BCUT2D eigenvalue weighted by Gasteiger charge is -2.28. The maximum Gasteiger partial charge on any atom is 0.178 e. The lowest BCUT2D eigenvalue weighted by molar-refractivity contribution is 0.0816. The molecular formula is C16H26N2O2. The number of ketones is 1. The zero-order valence-corrected chi connectivity index (χ0v) is 13.0. The first kappa shape index (κ1) is 15.3. The van der Waals surface area contributed by atoms with Crippen molar-refractivity contribution < 1.29 is 9.53 Å². The van der Waals surface area contributed by atoms with E-state index in [9.17, 15) is 4.79 Å². The number of hydrogen-bond donors (Lipinski definition) is 1. The van der Waals surface area contributed by atoms with Crippen LogP contribution in [0.25, 0.3) is 0 Å². The van der Waals surface area contributed by atoms with E-state index in [2.05, 4.69) is 16.8 Å². The molecule has 0 saturated heterocycles. The molecule has 0 radical (unpaired) electrons. The highest BCUT2D eigenvalue weighted by molar-refractivity contribution is 5.98. The number of rotatable bonds is 8. The van der Waals surface area contributed by atoms with Crippen LogP contribution in [0.15, 0.2) is 6.07 Å². The van der Waals surface area contributed by atoms with Crippen LogP contribution < -0.4 is 0 Å². The van der Waals surface area contributed by atoms with Gasteiger partial charge in [-0.2, -0.15) is 0 Å². The fourth-order valence-electron chi connectivity index (χ4n) is 2.80. The molecule has 1 unspecified atom stereocenters. The summed E-state index contributed by atoms with van der Waals surface area (Å²) < 4.78 is 5.18. The van der Waals surface area contributed by atoms with E-state index in [1.165, 1.54) is 12.8 Å². The van der Waals surface area contributed by atoms with Crippen LogP contribution in [0.2, 0.25) is 0 Å². The number of Topliss-reactive ketones (excluding diaryl/α,β-unsaturated/α-hetero) is 1. The van der Waals surface area contributed by atoms with Crippen molar-refractivity contribution in [1.29, 1.82) is 0 Å². The molecule has 112 valence electrons. The van der Waals surface area contributed by atoms with E-state index in [0.717, 1.165) is 29.4 Å². The molecule has 4 nitrogen and oxygen atoms in total. The standard InChI is InChI=1S/C16H26N2O2/c1-11-9-15(12(2)17-11)16(19)10-18(7-8-20-4)13(3)14-5-6-14/h9,13-14,17H,5-8,10H2,1-4H3. The second kappa shape index (κ2) is 6.55. The van der Waals surface area contributed by atoms with Crippen molar-refractivity contribution in [3.05, 3.63) is 23.0 Å². The van der Waals surface area contributed by atoms with Crippen molar-refractivity contribution in [2.75, 3.05) is 26.8 Å². The Morgan fingerprint density at radius 1 is 1.50 bits per heavy atom. The minimum atomic E-state index is 0.204. The summed E-state index contributed by atoms with van der Waals surface area (Å²) >= 11 is 0. The predicted molar refractivity (Wildman–Crippen MR) is 80.2 cm³/mol. The number of carbonyl (C=O) groups is 1. The van der Waals surface area contributed by atoms with E-state index < -0.39 is 0 Å². The Kier molecular flexibility index (Phi) is 5.00. The Morgan fingerprint density at radius 2 is 2.20 bits per heavy atom. The van der Waals surface area contributed by atoms with Crippen molar-refractivity contribution in [2.24, 2.45) is 5.92 Å². The highest BCUT2D eigenvalue weighted by Crippen LogP contribution is 2.35. The average Bonchev–Trinajstić information content (AvgIpc) is 3.19. The SMILES string of the molecule is COCCN(CC(=O)c1cc(C)[nH]c1C)C(C)C1CC1. The molecule has 1 heterocycles. The highest BCUT2D eigenvalue weighted by atomic mass is 16.5. The van der Waals surface area contributed by atoms with E-state index >= 15 is 0 Å². The van der Waals surface area contributed by atoms with Gasteiger partial charge in [-0.1, -0.05) is 0 Å². The molecule has 0 bridgehead atoms. The summed E-state index contributed by atoms with van der Waals surface area (Å²) in [4.78, 5) is 18.0. The van der Waals surface area contributed by atoms with E-state index in [-0.39, 0.29) is 5.78 Å². The normalized spacial score (nSPS) is 16.6. The number of hydrogen-bond acceptors (Lipinski definition) is 3. The van der Waals surface area contributed by atoms with E-state index in [0.29, 0.717) is 19.2 Å². The van der Waals surface area contributed by atoms with Gasteiger partial charge in [-0.15, -0.1) is 0 Å². The zero-order chi connectivity index (χ0) is 14.7. The Hall–Kier alpha value is -1.13. The second-order valence-electron chi connectivity index (χ2n) is 5.96. The van der Waals surface area contributed by atoms with Crippen LogP contribution in [0.1, 0.15) is 41.5 Å². The summed E-state index contributed by atoms with van der Waals surface area (Å²) in [5, 5.41) is 0. The van der Waals surface area contributed by atoms with Crippen LogP contribution in [-0.2, 0) is 4.74 Å². The maximum absolute atomic E-state index is 12.5. The zero-order valence-electron chi connectivity index (χ0n) is 13.0. The topological polar surface area (TPSA) is 45.3 Å². The Morgan fingerprint density at radius 3 is 2.70 bits per heavy atom. The number of aryl methyl sites for hydroxylation is 2. The number of H-pyrrole nitrogens is 1. The van der Waals surface area contributed by atoms with E-state index in [1.54, 1.807) is 7.11 Å². The third-order valence-corrected chi connectivity index (χ3v) is 4.26. The van der Waals surface area contributed by atoms with Crippen LogP contribution in [0.5, 0.6) is 0 Å². The van der Waals surface area contributed by atoms with E-state index in [4.69, 9.17) is 4.74 Å². The summed E-state index contributed by atoms with van der Waals surface area (Å²) in [6.07, 6.45) is 2.59. The fraction of sp³-hybridized carbons (Fsp3) is 0.688. The maximum atomic E-state index is 12.5. The van der Waals surface area contributed by atoms with Crippen molar-refractivity contribution >= 4 is 5.78 Å². The molecule has 1 aliphatic rings. The molecule has 1 saturated carbocycles. The molecule has 0 aromatic carbocycles. The molecule has 1 N–H and O–H groups in total. The molecule has 1 aromatic heterocycles. The van der Waals surface area contributed by atoms with Gasteiger partial charge in [0, 0.05) is 36.6 Å². The van der Waals surface area contributed by atoms with Crippen LogP contribution >= 0.6 is 0 Å². The quantitative estimate of drug-likeness (QED) is 0.743. The van der Waals surface area contributed by atoms with Gasteiger partial charge in [0.2, 0.25) is 0 Å². The Balaban J connectivity index is 2.02. The number of aromatic amines is 1. The largest absolute Gasteiger partial charge is 0.383 e. The molecule has 1 atom stereocenters. The van der Waals surface area contributed by atoms with Gasteiger partial charge in [0.05, 0.1) is 13.2 Å². The smallest absolute Gasteiger partial charge is 0.178 e. The predicted octanol–water partition coefficient (Wildman–Crippen LogP) is 2.56. The first-order chi connectivity index (χ1) is 9.52. The van der Waals surface area contributed by atoms with Crippen LogP contribution in [0, 0.1) is 19.8 Å². The first-order valence-corrected chi connectivity index (χ1v) is 7.45. The molecule has 1 aliphatic carbocycles. The minimum absolute atomic E-state index is 0.204. The third-order valence-electron chi connectivity index (χ3n) is 4.26. The van der Waals surface area contributed by atoms with Crippen LogP contribution in [0.3, 0.4) is 0 Å². The summed E-state index contributed by atoms with van der Waals surface area (Å²) in [6.45, 7) is 8.16. The fourth-order valence-corrected chi connectivity index (χ4v) is 2.80. The van der Waals surface area contributed by atoms with Crippen molar-refractivity contribution in [2.45, 2.75) is 39.7 Å². The Labute approximate surface area is 121 Å². The van der Waals surface area contributed by atoms with Gasteiger partial charge in [-0.05, 0) is 45.6 Å². The first-order valence-electron chi connectivity index (χ1n) is 7.45. The molecule has 0 spiro atoms. The molecule has 1 fully saturated rings. The number of ether oxygens (including phenoxy) is 1. The molecule has 0 aliphatic heterocycles. The number of nitrogens with one attached hydrogen (secondary N) is 1. The van der Waals surface area contributed by atoms with Crippen LogP contribution in [-0.4, -0.2) is 48.5 Å². The van der Waals surface area contributed by atoms with Gasteiger partial charge >= 0.3 is 0 Å². The Bertz CT molecular complexity index is 463. The molecular weight excluding hydrogens is 252 g/mol. The molecule has 20 heavy (non-hydrogen) atoms. The molecule has 4 heteroatoms. The number of nitrogens with zero attached hydrogens (tertiary/aromatic N) is 1. The molecule has 1 aromatic rings. The molecule has 2 rings (SSSR count). The van der Waals surface area contributed by atoms with Crippen LogP contribution in [0.4, 0.5) is 0 Å². The number of carbonyl (C=O) groups excluding carboxylic acids is 1. The number of aromatic nitrogens is 1. The number of methoxy groups -OCH3 is 1. The average molecular weight is 278 g/mol. The second-order valence-corrected chi connectivity index (χ2v) is 5.96. The summed E-state index contributed by atoms with van der Waals surface area (Å²) in [5.41, 5.74) is 2.84. The third kappa shape index (κ3) is 3.70. The van der Waals surface area contributed by atoms with Crippen molar-refractivity contribution in [3.63, 3.8) is 0 Å². The van der Waals surface area contributed by atoms with Gasteiger partial charge < -0.3 is 9.72 Å². The lowest BCUT2D eigenvalue weighted by Crippen LogP contribution is -2.40. The summed E-state index contributed by atoms with van der Waals surface area (Å²) in [6, 6.07) is 2.42. The van der Waals surface area contributed by atoms with Gasteiger partial charge in [-0.3, -0.25) is 9.69 Å².